The Morgan fingerprint density at radius 2 is 1.90 bits per heavy atom. The molecule has 116 valence electrons. The summed E-state index contributed by atoms with van der Waals surface area (Å²) in [6, 6.07) is 0.281. The van der Waals surface area contributed by atoms with Crippen LogP contribution >= 0.6 is 0 Å². The Morgan fingerprint density at radius 1 is 1.15 bits per heavy atom. The summed E-state index contributed by atoms with van der Waals surface area (Å²) in [6.07, 6.45) is 12.3. The maximum absolute atomic E-state index is 6.22. The van der Waals surface area contributed by atoms with Gasteiger partial charge in [-0.25, -0.2) is 0 Å². The monoisotopic (exact) mass is 282 g/mol. The molecule has 2 aliphatic carbocycles. The third kappa shape index (κ3) is 2.52. The largest absolute Gasteiger partial charge is 0.377 e. The summed E-state index contributed by atoms with van der Waals surface area (Å²) in [5, 5.41) is 0. The van der Waals surface area contributed by atoms with Crippen LogP contribution in [0.1, 0.15) is 64.2 Å². The van der Waals surface area contributed by atoms with Crippen LogP contribution in [0.2, 0.25) is 0 Å². The van der Waals surface area contributed by atoms with E-state index in [4.69, 9.17) is 15.3 Å². The second-order valence-electron chi connectivity index (χ2n) is 7.11. The molecule has 3 N–H and O–H groups in total. The van der Waals surface area contributed by atoms with Gasteiger partial charge in [0, 0.05) is 13.7 Å². The first-order valence-corrected chi connectivity index (χ1v) is 8.39. The van der Waals surface area contributed by atoms with Crippen molar-refractivity contribution in [3.63, 3.8) is 0 Å². The Bertz CT molecular complexity index is 313. The van der Waals surface area contributed by atoms with Gasteiger partial charge in [0.15, 0.2) is 0 Å². The summed E-state index contributed by atoms with van der Waals surface area (Å²) >= 11 is 0. The van der Waals surface area contributed by atoms with Gasteiger partial charge in [-0.3, -0.25) is 11.3 Å². The summed E-state index contributed by atoms with van der Waals surface area (Å²) in [4.78, 5) is 0. The van der Waals surface area contributed by atoms with Crippen LogP contribution in [-0.2, 0) is 9.47 Å². The van der Waals surface area contributed by atoms with Gasteiger partial charge in [-0.2, -0.15) is 0 Å². The standard InChI is InChI=1S/C16H30N2O2/c1-19-16(9-5-10-16)14(18-17)13-6-11-20-15(12-13)7-3-2-4-8-15/h13-14,18H,2-12,17H2,1H3. The molecule has 0 aromatic rings. The number of nitrogens with two attached hydrogens (primary N) is 1. The first-order valence-electron chi connectivity index (χ1n) is 8.39. The third-order valence-electron chi connectivity index (χ3n) is 6.12. The zero-order valence-corrected chi connectivity index (χ0v) is 12.8. The van der Waals surface area contributed by atoms with Crippen molar-refractivity contribution in [3.8, 4) is 0 Å². The molecule has 0 amide bonds. The quantitative estimate of drug-likeness (QED) is 0.614. The molecule has 4 nitrogen and oxygen atoms in total. The van der Waals surface area contributed by atoms with Crippen molar-refractivity contribution in [2.45, 2.75) is 81.5 Å². The highest BCUT2D eigenvalue weighted by Crippen LogP contribution is 2.47. The molecular formula is C16H30N2O2. The second-order valence-corrected chi connectivity index (χ2v) is 7.11. The summed E-state index contributed by atoms with van der Waals surface area (Å²) < 4.78 is 12.1. The average Bonchev–Trinajstić information content (AvgIpc) is 2.43. The lowest BCUT2D eigenvalue weighted by Gasteiger charge is -2.52. The number of rotatable bonds is 4. The average molecular weight is 282 g/mol. The fourth-order valence-electron chi connectivity index (χ4n) is 4.78. The molecule has 2 unspecified atom stereocenters. The maximum atomic E-state index is 6.22. The molecule has 3 aliphatic rings. The zero-order valence-electron chi connectivity index (χ0n) is 12.8. The molecule has 20 heavy (non-hydrogen) atoms. The predicted molar refractivity (Wildman–Crippen MR) is 79.2 cm³/mol. The molecule has 0 aromatic heterocycles. The van der Waals surface area contributed by atoms with Crippen molar-refractivity contribution in [2.24, 2.45) is 11.8 Å². The molecule has 4 heteroatoms. The van der Waals surface area contributed by atoms with Crippen LogP contribution in [0.25, 0.3) is 0 Å². The van der Waals surface area contributed by atoms with Gasteiger partial charge in [0.05, 0.1) is 17.2 Å². The van der Waals surface area contributed by atoms with E-state index in [1.54, 1.807) is 0 Å². The smallest absolute Gasteiger partial charge is 0.0847 e. The maximum Gasteiger partial charge on any atom is 0.0847 e. The highest BCUT2D eigenvalue weighted by molar-refractivity contribution is 5.04. The van der Waals surface area contributed by atoms with Gasteiger partial charge in [0.2, 0.25) is 0 Å². The Morgan fingerprint density at radius 3 is 2.45 bits per heavy atom. The van der Waals surface area contributed by atoms with Crippen molar-refractivity contribution < 1.29 is 9.47 Å². The second kappa shape index (κ2) is 5.91. The Kier molecular flexibility index (Phi) is 4.37. The SMILES string of the molecule is COC1(C(NN)C2CCOC3(CCCCC3)C2)CCC1. The van der Waals surface area contributed by atoms with E-state index in [-0.39, 0.29) is 17.2 Å². The fourth-order valence-corrected chi connectivity index (χ4v) is 4.78. The molecule has 1 spiro atoms. The lowest BCUT2D eigenvalue weighted by Crippen LogP contribution is -2.63. The van der Waals surface area contributed by atoms with E-state index >= 15 is 0 Å². The van der Waals surface area contributed by atoms with Gasteiger partial charge in [0.1, 0.15) is 0 Å². The van der Waals surface area contributed by atoms with Crippen LogP contribution in [0.5, 0.6) is 0 Å². The molecule has 2 saturated carbocycles. The number of hydrogen-bond donors (Lipinski definition) is 2. The Hall–Kier alpha value is -0.160. The number of methoxy groups -OCH3 is 1. The van der Waals surface area contributed by atoms with Crippen LogP contribution in [0.3, 0.4) is 0 Å². The highest BCUT2D eigenvalue weighted by atomic mass is 16.5. The minimum Gasteiger partial charge on any atom is -0.377 e. The molecule has 1 heterocycles. The molecule has 1 aliphatic heterocycles. The van der Waals surface area contributed by atoms with Gasteiger partial charge in [-0.05, 0) is 50.9 Å². The number of ether oxygens (including phenoxy) is 2. The Labute approximate surface area is 122 Å². The molecule has 1 saturated heterocycles. The van der Waals surface area contributed by atoms with Gasteiger partial charge in [-0.15, -0.1) is 0 Å². The summed E-state index contributed by atoms with van der Waals surface area (Å²) in [5.41, 5.74) is 3.23. The predicted octanol–water partition coefficient (Wildman–Crippen LogP) is 2.52. The van der Waals surface area contributed by atoms with E-state index in [1.807, 2.05) is 7.11 Å². The zero-order chi connectivity index (χ0) is 14.1. The first-order chi connectivity index (χ1) is 9.74. The van der Waals surface area contributed by atoms with E-state index in [9.17, 15) is 0 Å². The van der Waals surface area contributed by atoms with Crippen LogP contribution in [0.4, 0.5) is 0 Å². The topological polar surface area (TPSA) is 56.5 Å². The number of hydrazine groups is 1. The van der Waals surface area contributed by atoms with Crippen LogP contribution in [0, 0.1) is 5.92 Å². The molecule has 2 atom stereocenters. The minimum absolute atomic E-state index is 0.0212. The van der Waals surface area contributed by atoms with Gasteiger partial charge in [0.25, 0.3) is 0 Å². The normalized spacial score (nSPS) is 33.6. The minimum atomic E-state index is -0.0212. The van der Waals surface area contributed by atoms with Crippen molar-refractivity contribution >= 4 is 0 Å². The summed E-state index contributed by atoms with van der Waals surface area (Å²) in [6.45, 7) is 0.892. The van der Waals surface area contributed by atoms with Crippen molar-refractivity contribution in [1.82, 2.24) is 5.43 Å². The molecule has 0 bridgehead atoms. The number of hydrogen-bond acceptors (Lipinski definition) is 4. The fraction of sp³-hybridized carbons (Fsp3) is 1.00. The molecular weight excluding hydrogens is 252 g/mol. The first kappa shape index (κ1) is 14.8. The van der Waals surface area contributed by atoms with Crippen molar-refractivity contribution in [1.29, 1.82) is 0 Å². The van der Waals surface area contributed by atoms with Gasteiger partial charge in [-0.1, -0.05) is 19.3 Å². The summed E-state index contributed by atoms with van der Waals surface area (Å²) in [7, 11) is 1.85. The molecule has 0 aromatic carbocycles. The Balaban J connectivity index is 1.71. The number of nitrogens with one attached hydrogen (secondary N) is 1. The van der Waals surface area contributed by atoms with E-state index in [0.29, 0.717) is 5.92 Å². The van der Waals surface area contributed by atoms with E-state index in [0.717, 1.165) is 32.3 Å². The van der Waals surface area contributed by atoms with Crippen LogP contribution in [0.15, 0.2) is 0 Å². The molecule has 3 fully saturated rings. The van der Waals surface area contributed by atoms with Crippen molar-refractivity contribution in [2.75, 3.05) is 13.7 Å². The van der Waals surface area contributed by atoms with E-state index in [1.165, 1.54) is 38.5 Å². The lowest BCUT2D eigenvalue weighted by molar-refractivity contribution is -0.157. The van der Waals surface area contributed by atoms with Crippen LogP contribution < -0.4 is 11.3 Å². The molecule has 3 rings (SSSR count). The van der Waals surface area contributed by atoms with E-state index in [2.05, 4.69) is 5.43 Å². The van der Waals surface area contributed by atoms with Crippen LogP contribution in [-0.4, -0.2) is 31.0 Å². The van der Waals surface area contributed by atoms with Gasteiger partial charge >= 0.3 is 0 Å². The van der Waals surface area contributed by atoms with E-state index < -0.39 is 0 Å². The highest BCUT2D eigenvalue weighted by Gasteiger charge is 2.50. The van der Waals surface area contributed by atoms with Crippen molar-refractivity contribution in [3.05, 3.63) is 0 Å². The lowest BCUT2D eigenvalue weighted by atomic mass is 9.65. The third-order valence-corrected chi connectivity index (χ3v) is 6.12. The molecule has 0 radical (unpaired) electrons. The van der Waals surface area contributed by atoms with Gasteiger partial charge < -0.3 is 9.47 Å². The summed E-state index contributed by atoms with van der Waals surface area (Å²) in [5.74, 6) is 6.51.